The number of hydrogen-bond acceptors (Lipinski definition) is 3. The number of pyridine rings is 1. The molecule has 0 aliphatic heterocycles. The van der Waals surface area contributed by atoms with Crippen molar-refractivity contribution in [3.05, 3.63) is 35.9 Å². The van der Waals surface area contributed by atoms with Crippen molar-refractivity contribution in [3.8, 4) is 0 Å². The number of nitrogens with two attached hydrogens (primary N) is 1. The first-order valence-corrected chi connectivity index (χ1v) is 7.67. The summed E-state index contributed by atoms with van der Waals surface area (Å²) in [6, 6.07) is 9.27. The van der Waals surface area contributed by atoms with E-state index in [0.717, 1.165) is 17.4 Å². The molecule has 0 radical (unpaired) electrons. The first-order chi connectivity index (χ1) is 10.2. The Labute approximate surface area is 124 Å². The van der Waals surface area contributed by atoms with Crippen LogP contribution in [0.5, 0.6) is 0 Å². The third-order valence-corrected chi connectivity index (χ3v) is 4.26. The lowest BCUT2D eigenvalue weighted by molar-refractivity contribution is 0.0945. The number of carbonyl (C=O) groups is 1. The van der Waals surface area contributed by atoms with Gasteiger partial charge in [-0.3, -0.25) is 4.79 Å². The smallest absolute Gasteiger partial charge is 0.252 e. The van der Waals surface area contributed by atoms with Crippen LogP contribution in [0.4, 0.5) is 5.82 Å². The minimum atomic E-state index is -0.0501. The second-order valence-corrected chi connectivity index (χ2v) is 5.83. The fourth-order valence-corrected chi connectivity index (χ4v) is 3.11. The maximum absolute atomic E-state index is 12.5. The average Bonchev–Trinajstić information content (AvgIpc) is 2.52. The van der Waals surface area contributed by atoms with Crippen LogP contribution in [-0.2, 0) is 0 Å². The van der Waals surface area contributed by atoms with E-state index >= 15 is 0 Å². The van der Waals surface area contributed by atoms with E-state index in [4.69, 9.17) is 5.73 Å². The highest BCUT2D eigenvalue weighted by molar-refractivity contribution is 6.06. The Morgan fingerprint density at radius 1 is 1.24 bits per heavy atom. The molecule has 0 spiro atoms. The van der Waals surface area contributed by atoms with E-state index in [2.05, 4.69) is 10.3 Å². The van der Waals surface area contributed by atoms with E-state index < -0.39 is 0 Å². The van der Waals surface area contributed by atoms with Gasteiger partial charge in [0.1, 0.15) is 5.82 Å². The first-order valence-electron chi connectivity index (χ1n) is 7.67. The number of nitrogens with zero attached hydrogens (tertiary/aromatic N) is 1. The van der Waals surface area contributed by atoms with Crippen molar-refractivity contribution in [1.82, 2.24) is 10.3 Å². The minimum absolute atomic E-state index is 0.0501. The summed E-state index contributed by atoms with van der Waals surface area (Å²) in [5, 5.41) is 3.92. The number of carbonyl (C=O) groups excluding carboxylic acids is 1. The molecule has 3 N–H and O–H groups in total. The molecule has 0 saturated heterocycles. The summed E-state index contributed by atoms with van der Waals surface area (Å²) in [7, 11) is 0. The Hall–Kier alpha value is -2.10. The number of rotatable bonds is 3. The molecule has 21 heavy (non-hydrogen) atoms. The van der Waals surface area contributed by atoms with Crippen LogP contribution < -0.4 is 11.1 Å². The lowest BCUT2D eigenvalue weighted by Gasteiger charge is -2.21. The maximum Gasteiger partial charge on any atom is 0.252 e. The third kappa shape index (κ3) is 3.15. The molecule has 0 unspecified atom stereocenters. The quantitative estimate of drug-likeness (QED) is 0.909. The van der Waals surface area contributed by atoms with Gasteiger partial charge in [-0.15, -0.1) is 0 Å². The summed E-state index contributed by atoms with van der Waals surface area (Å²) < 4.78 is 0. The summed E-state index contributed by atoms with van der Waals surface area (Å²) in [4.78, 5) is 16.7. The van der Waals surface area contributed by atoms with Gasteiger partial charge in [0.2, 0.25) is 0 Å². The normalized spacial score (nSPS) is 16.0. The zero-order chi connectivity index (χ0) is 14.7. The van der Waals surface area contributed by atoms with Crippen LogP contribution in [-0.4, -0.2) is 17.4 Å². The van der Waals surface area contributed by atoms with Gasteiger partial charge in [-0.05, 0) is 30.9 Å². The minimum Gasteiger partial charge on any atom is -0.384 e. The lowest BCUT2D eigenvalue weighted by Crippen LogP contribution is -2.30. The Bertz CT molecular complexity index is 648. The van der Waals surface area contributed by atoms with Crippen LogP contribution >= 0.6 is 0 Å². The van der Waals surface area contributed by atoms with Crippen LogP contribution in [0.25, 0.3) is 10.9 Å². The molecule has 1 heterocycles. The van der Waals surface area contributed by atoms with E-state index in [0.29, 0.717) is 17.3 Å². The molecule has 4 heteroatoms. The van der Waals surface area contributed by atoms with E-state index in [1.807, 2.05) is 24.3 Å². The zero-order valence-corrected chi connectivity index (χ0v) is 12.1. The number of aromatic nitrogens is 1. The summed E-state index contributed by atoms with van der Waals surface area (Å²) in [5.74, 6) is 0.954. The Morgan fingerprint density at radius 3 is 2.81 bits per heavy atom. The zero-order valence-electron chi connectivity index (χ0n) is 12.1. The molecule has 1 aliphatic rings. The molecular weight excluding hydrogens is 262 g/mol. The number of amides is 1. The van der Waals surface area contributed by atoms with Crippen molar-refractivity contribution >= 4 is 22.6 Å². The number of nitrogens with one attached hydrogen (secondary N) is 1. The summed E-state index contributed by atoms with van der Waals surface area (Å²) in [6.45, 7) is 0.759. The maximum atomic E-state index is 12.5. The molecule has 110 valence electrons. The predicted octanol–water partition coefficient (Wildman–Crippen LogP) is 3.13. The predicted molar refractivity (Wildman–Crippen MR) is 85.1 cm³/mol. The van der Waals surface area contributed by atoms with E-state index in [-0.39, 0.29) is 5.91 Å². The first kappa shape index (κ1) is 13.9. The Morgan fingerprint density at radius 2 is 2.00 bits per heavy atom. The number of anilines is 1. The van der Waals surface area contributed by atoms with Gasteiger partial charge in [0.05, 0.1) is 11.1 Å². The lowest BCUT2D eigenvalue weighted by atomic mass is 9.89. The highest BCUT2D eigenvalue weighted by Crippen LogP contribution is 2.23. The average molecular weight is 283 g/mol. The van der Waals surface area contributed by atoms with Gasteiger partial charge < -0.3 is 11.1 Å². The van der Waals surface area contributed by atoms with E-state index in [1.54, 1.807) is 6.07 Å². The highest BCUT2D eigenvalue weighted by Gasteiger charge is 2.16. The standard InChI is InChI=1S/C17H21N3O/c18-16-10-14(13-8-4-5-9-15(13)20-16)17(21)19-11-12-6-2-1-3-7-12/h4-5,8-10,12H,1-3,6-7,11H2,(H2,18,20)(H,19,21). The van der Waals surface area contributed by atoms with Gasteiger partial charge in [-0.2, -0.15) is 0 Å². The Kier molecular flexibility index (Phi) is 4.04. The van der Waals surface area contributed by atoms with Crippen molar-refractivity contribution < 1.29 is 4.79 Å². The molecule has 1 aromatic carbocycles. The van der Waals surface area contributed by atoms with Crippen LogP contribution in [0.15, 0.2) is 30.3 Å². The molecule has 1 aromatic heterocycles. The molecule has 0 atom stereocenters. The second-order valence-electron chi connectivity index (χ2n) is 5.83. The van der Waals surface area contributed by atoms with Crippen LogP contribution in [0.2, 0.25) is 0 Å². The van der Waals surface area contributed by atoms with Crippen LogP contribution in [0.3, 0.4) is 0 Å². The molecule has 1 amide bonds. The monoisotopic (exact) mass is 283 g/mol. The van der Waals surface area contributed by atoms with Crippen LogP contribution in [0.1, 0.15) is 42.5 Å². The van der Waals surface area contributed by atoms with Gasteiger partial charge in [0.15, 0.2) is 0 Å². The largest absolute Gasteiger partial charge is 0.384 e. The number of benzene rings is 1. The number of nitrogen functional groups attached to an aromatic ring is 1. The van der Waals surface area contributed by atoms with Gasteiger partial charge in [0, 0.05) is 11.9 Å². The van der Waals surface area contributed by atoms with Gasteiger partial charge in [-0.25, -0.2) is 4.98 Å². The van der Waals surface area contributed by atoms with Crippen molar-refractivity contribution in [2.45, 2.75) is 32.1 Å². The molecule has 2 aromatic rings. The van der Waals surface area contributed by atoms with Gasteiger partial charge >= 0.3 is 0 Å². The molecule has 3 rings (SSSR count). The number of para-hydroxylation sites is 1. The number of hydrogen-bond donors (Lipinski definition) is 2. The van der Waals surface area contributed by atoms with E-state index in [9.17, 15) is 4.79 Å². The summed E-state index contributed by atoms with van der Waals surface area (Å²) >= 11 is 0. The fourth-order valence-electron chi connectivity index (χ4n) is 3.11. The molecular formula is C17H21N3O. The van der Waals surface area contributed by atoms with E-state index in [1.165, 1.54) is 32.1 Å². The second kappa shape index (κ2) is 6.12. The highest BCUT2D eigenvalue weighted by atomic mass is 16.1. The van der Waals surface area contributed by atoms with Crippen molar-refractivity contribution in [2.75, 3.05) is 12.3 Å². The number of fused-ring (bicyclic) bond motifs is 1. The molecule has 0 bridgehead atoms. The van der Waals surface area contributed by atoms with Crippen LogP contribution in [0, 0.1) is 5.92 Å². The summed E-state index contributed by atoms with van der Waals surface area (Å²) in [5.41, 5.74) is 7.19. The molecule has 4 nitrogen and oxygen atoms in total. The SMILES string of the molecule is Nc1cc(C(=O)NCC2CCCCC2)c2ccccc2n1. The fraction of sp³-hybridized carbons (Fsp3) is 0.412. The Balaban J connectivity index is 1.77. The molecule has 1 aliphatic carbocycles. The third-order valence-electron chi connectivity index (χ3n) is 4.26. The topological polar surface area (TPSA) is 68.0 Å². The van der Waals surface area contributed by atoms with Crippen molar-refractivity contribution in [3.63, 3.8) is 0 Å². The summed E-state index contributed by atoms with van der Waals surface area (Å²) in [6.07, 6.45) is 6.34. The van der Waals surface area contributed by atoms with Gasteiger partial charge in [-0.1, -0.05) is 37.5 Å². The molecule has 1 fully saturated rings. The molecule has 1 saturated carbocycles. The van der Waals surface area contributed by atoms with Crippen molar-refractivity contribution in [2.24, 2.45) is 5.92 Å². The van der Waals surface area contributed by atoms with Crippen molar-refractivity contribution in [1.29, 1.82) is 0 Å². The van der Waals surface area contributed by atoms with Gasteiger partial charge in [0.25, 0.3) is 5.91 Å².